The first-order valence-corrected chi connectivity index (χ1v) is 6.10. The van der Waals surface area contributed by atoms with Crippen LogP contribution in [-0.4, -0.2) is 28.4 Å². The highest BCUT2D eigenvalue weighted by molar-refractivity contribution is 9.11. The Kier molecular flexibility index (Phi) is 2.77. The Bertz CT molecular complexity index is 332. The van der Waals surface area contributed by atoms with Crippen molar-refractivity contribution in [3.05, 3.63) is 3.92 Å². The standard InChI is InChI=1S/C8H12BrN3OS/c1-5-8(2,3-4-13-5)10-7-12-11-6(9)14-7/h5H,3-4H2,1-2H3,(H,10,12). The highest BCUT2D eigenvalue weighted by Gasteiger charge is 2.37. The van der Waals surface area contributed by atoms with Crippen molar-refractivity contribution in [1.29, 1.82) is 0 Å². The van der Waals surface area contributed by atoms with Crippen LogP contribution < -0.4 is 5.32 Å². The van der Waals surface area contributed by atoms with Crippen LogP contribution in [0.5, 0.6) is 0 Å². The van der Waals surface area contributed by atoms with Crippen LogP contribution in [0.4, 0.5) is 5.13 Å². The molecule has 6 heteroatoms. The Balaban J connectivity index is 2.10. The highest BCUT2D eigenvalue weighted by atomic mass is 79.9. The lowest BCUT2D eigenvalue weighted by atomic mass is 9.95. The fourth-order valence-corrected chi connectivity index (χ4v) is 2.65. The van der Waals surface area contributed by atoms with Crippen LogP contribution in [-0.2, 0) is 4.74 Å². The molecule has 2 rings (SSSR count). The summed E-state index contributed by atoms with van der Waals surface area (Å²) in [7, 11) is 0. The van der Waals surface area contributed by atoms with Crippen LogP contribution in [0.25, 0.3) is 0 Å². The van der Waals surface area contributed by atoms with Crippen molar-refractivity contribution in [2.45, 2.75) is 31.9 Å². The second-order valence-corrected chi connectivity index (χ2v) is 5.92. The highest BCUT2D eigenvalue weighted by Crippen LogP contribution is 2.31. The number of hydrogen-bond donors (Lipinski definition) is 1. The maximum absolute atomic E-state index is 5.53. The van der Waals surface area contributed by atoms with Gasteiger partial charge in [-0.15, -0.1) is 10.2 Å². The summed E-state index contributed by atoms with van der Waals surface area (Å²) in [6.45, 7) is 5.04. The van der Waals surface area contributed by atoms with Gasteiger partial charge in [-0.1, -0.05) is 11.3 Å². The number of hydrogen-bond acceptors (Lipinski definition) is 5. The molecule has 0 aliphatic carbocycles. The van der Waals surface area contributed by atoms with Gasteiger partial charge < -0.3 is 10.1 Å². The number of rotatable bonds is 2. The molecule has 0 bridgehead atoms. The van der Waals surface area contributed by atoms with Gasteiger partial charge in [0.1, 0.15) is 0 Å². The average molecular weight is 278 g/mol. The minimum absolute atomic E-state index is 0.0149. The van der Waals surface area contributed by atoms with Crippen LogP contribution in [0.1, 0.15) is 20.3 Å². The van der Waals surface area contributed by atoms with E-state index in [1.54, 1.807) is 0 Å². The fourth-order valence-electron chi connectivity index (χ4n) is 1.50. The van der Waals surface area contributed by atoms with Crippen molar-refractivity contribution in [3.8, 4) is 0 Å². The van der Waals surface area contributed by atoms with E-state index in [0.29, 0.717) is 0 Å². The molecule has 2 heterocycles. The Morgan fingerprint density at radius 2 is 2.43 bits per heavy atom. The average Bonchev–Trinajstić information content (AvgIpc) is 2.62. The van der Waals surface area contributed by atoms with Crippen molar-refractivity contribution in [2.75, 3.05) is 11.9 Å². The summed E-state index contributed by atoms with van der Waals surface area (Å²) in [4.78, 5) is 0. The number of nitrogens with one attached hydrogen (secondary N) is 1. The molecule has 1 aliphatic heterocycles. The van der Waals surface area contributed by atoms with Gasteiger partial charge in [0.05, 0.1) is 11.6 Å². The van der Waals surface area contributed by atoms with Gasteiger partial charge in [-0.2, -0.15) is 0 Å². The molecule has 2 atom stereocenters. The summed E-state index contributed by atoms with van der Waals surface area (Å²) >= 11 is 4.79. The molecule has 0 saturated carbocycles. The third-order valence-corrected chi connectivity index (χ3v) is 3.95. The van der Waals surface area contributed by atoms with Crippen molar-refractivity contribution in [1.82, 2.24) is 10.2 Å². The van der Waals surface area contributed by atoms with E-state index in [9.17, 15) is 0 Å². The number of aromatic nitrogens is 2. The monoisotopic (exact) mass is 277 g/mol. The molecule has 0 spiro atoms. The zero-order chi connectivity index (χ0) is 10.2. The minimum Gasteiger partial charge on any atom is -0.376 e. The van der Waals surface area contributed by atoms with Gasteiger partial charge in [0, 0.05) is 6.61 Å². The molecule has 0 aromatic carbocycles. The van der Waals surface area contributed by atoms with Crippen molar-refractivity contribution < 1.29 is 4.74 Å². The molecule has 1 fully saturated rings. The Morgan fingerprint density at radius 3 is 2.93 bits per heavy atom. The second kappa shape index (κ2) is 3.75. The van der Waals surface area contributed by atoms with Gasteiger partial charge in [-0.25, -0.2) is 0 Å². The molecule has 2 unspecified atom stereocenters. The predicted molar refractivity (Wildman–Crippen MR) is 59.7 cm³/mol. The van der Waals surface area contributed by atoms with Crippen molar-refractivity contribution >= 4 is 32.4 Å². The zero-order valence-electron chi connectivity index (χ0n) is 8.08. The molecule has 1 aromatic heterocycles. The van der Waals surface area contributed by atoms with E-state index in [2.05, 4.69) is 45.3 Å². The smallest absolute Gasteiger partial charge is 0.206 e. The Labute approximate surface area is 95.2 Å². The Hall–Kier alpha value is -0.200. The first-order valence-electron chi connectivity index (χ1n) is 4.49. The molecule has 1 saturated heterocycles. The second-order valence-electron chi connectivity index (χ2n) is 3.67. The lowest BCUT2D eigenvalue weighted by Crippen LogP contribution is -2.41. The van der Waals surface area contributed by atoms with Gasteiger partial charge in [-0.3, -0.25) is 0 Å². The molecular weight excluding hydrogens is 266 g/mol. The van der Waals surface area contributed by atoms with Crippen molar-refractivity contribution in [3.63, 3.8) is 0 Å². The van der Waals surface area contributed by atoms with E-state index in [-0.39, 0.29) is 11.6 Å². The summed E-state index contributed by atoms with van der Waals surface area (Å²) in [5, 5.41) is 12.1. The first kappa shape index (κ1) is 10.3. The summed E-state index contributed by atoms with van der Waals surface area (Å²) in [5.41, 5.74) is -0.0149. The molecular formula is C8H12BrN3OS. The van der Waals surface area contributed by atoms with Gasteiger partial charge in [-0.05, 0) is 36.2 Å². The molecule has 4 nitrogen and oxygen atoms in total. The molecule has 1 aromatic rings. The van der Waals surface area contributed by atoms with Crippen LogP contribution in [0, 0.1) is 0 Å². The summed E-state index contributed by atoms with van der Waals surface area (Å²) < 4.78 is 6.33. The lowest BCUT2D eigenvalue weighted by Gasteiger charge is -2.28. The first-order chi connectivity index (χ1) is 6.60. The number of nitrogens with zero attached hydrogens (tertiary/aromatic N) is 2. The molecule has 0 amide bonds. The quantitative estimate of drug-likeness (QED) is 0.901. The maximum Gasteiger partial charge on any atom is 0.206 e. The van der Waals surface area contributed by atoms with Crippen LogP contribution >= 0.6 is 27.3 Å². The third-order valence-electron chi connectivity index (χ3n) is 2.68. The fraction of sp³-hybridized carbons (Fsp3) is 0.750. The predicted octanol–water partition coefficient (Wildman–Crippen LogP) is 2.28. The SMILES string of the molecule is CC1OCCC1(C)Nc1nnc(Br)s1. The summed E-state index contributed by atoms with van der Waals surface area (Å²) in [6, 6.07) is 0. The van der Waals surface area contributed by atoms with Gasteiger partial charge in [0.2, 0.25) is 5.13 Å². The lowest BCUT2D eigenvalue weighted by molar-refractivity contribution is 0.105. The van der Waals surface area contributed by atoms with E-state index in [1.165, 1.54) is 11.3 Å². The maximum atomic E-state index is 5.53. The van der Waals surface area contributed by atoms with E-state index in [1.807, 2.05) is 0 Å². The van der Waals surface area contributed by atoms with E-state index in [4.69, 9.17) is 4.74 Å². The largest absolute Gasteiger partial charge is 0.376 e. The van der Waals surface area contributed by atoms with Crippen LogP contribution in [0.2, 0.25) is 0 Å². The zero-order valence-corrected chi connectivity index (χ0v) is 10.5. The molecule has 0 radical (unpaired) electrons. The van der Waals surface area contributed by atoms with E-state index >= 15 is 0 Å². The molecule has 14 heavy (non-hydrogen) atoms. The molecule has 78 valence electrons. The third kappa shape index (κ3) is 1.92. The van der Waals surface area contributed by atoms with Gasteiger partial charge in [0.15, 0.2) is 3.92 Å². The minimum atomic E-state index is -0.0149. The summed E-state index contributed by atoms with van der Waals surface area (Å²) in [6.07, 6.45) is 1.22. The number of ether oxygens (including phenoxy) is 1. The summed E-state index contributed by atoms with van der Waals surface area (Å²) in [5.74, 6) is 0. The molecule has 1 N–H and O–H groups in total. The topological polar surface area (TPSA) is 47.0 Å². The van der Waals surface area contributed by atoms with E-state index < -0.39 is 0 Å². The Morgan fingerprint density at radius 1 is 1.64 bits per heavy atom. The van der Waals surface area contributed by atoms with Gasteiger partial charge in [0.25, 0.3) is 0 Å². The number of anilines is 1. The number of halogens is 1. The van der Waals surface area contributed by atoms with Gasteiger partial charge >= 0.3 is 0 Å². The van der Waals surface area contributed by atoms with Crippen molar-refractivity contribution in [2.24, 2.45) is 0 Å². The van der Waals surface area contributed by atoms with Crippen LogP contribution in [0.15, 0.2) is 3.92 Å². The normalized spacial score (nSPS) is 32.1. The van der Waals surface area contributed by atoms with Crippen LogP contribution in [0.3, 0.4) is 0 Å². The molecule has 1 aliphatic rings. The van der Waals surface area contributed by atoms with E-state index in [0.717, 1.165) is 22.1 Å².